The lowest BCUT2D eigenvalue weighted by molar-refractivity contribution is -0.154. The summed E-state index contributed by atoms with van der Waals surface area (Å²) >= 11 is 0. The summed E-state index contributed by atoms with van der Waals surface area (Å²) in [5.74, 6) is -0.351. The molecule has 0 aromatic rings. The molecule has 0 amide bonds. The summed E-state index contributed by atoms with van der Waals surface area (Å²) < 4.78 is 33.6. The van der Waals surface area contributed by atoms with E-state index in [0.717, 1.165) is 89.9 Å². The zero-order chi connectivity index (χ0) is 45.1. The van der Waals surface area contributed by atoms with Crippen molar-refractivity contribution in [3.05, 3.63) is 85.1 Å². The molecule has 3 N–H and O–H groups in total. The van der Waals surface area contributed by atoms with Crippen LogP contribution >= 0.6 is 7.82 Å². The molecule has 62 heavy (non-hydrogen) atoms. The van der Waals surface area contributed by atoms with E-state index in [1.807, 2.05) is 0 Å². The average molecular weight is 888 g/mol. The summed E-state index contributed by atoms with van der Waals surface area (Å²) in [7, 11) is -4.29. The number of unbranched alkanes of at least 4 members (excludes halogenated alkanes) is 20. The van der Waals surface area contributed by atoms with Gasteiger partial charge in [0.15, 0.2) is 0 Å². The molecule has 0 spiro atoms. The van der Waals surface area contributed by atoms with Crippen LogP contribution in [0.4, 0.5) is 0 Å². The molecule has 0 bridgehead atoms. The predicted octanol–water partition coefficient (Wildman–Crippen LogP) is 15.6. The molecule has 0 rings (SSSR count). The van der Waals surface area contributed by atoms with Crippen LogP contribution in [0, 0.1) is 0 Å². The summed E-state index contributed by atoms with van der Waals surface area (Å²) in [5.41, 5.74) is 5.39. The highest BCUT2D eigenvalue weighted by Gasteiger charge is 2.25. The summed E-state index contributed by atoms with van der Waals surface area (Å²) in [4.78, 5) is 22.6. The zero-order valence-electron chi connectivity index (χ0n) is 39.8. The summed E-state index contributed by atoms with van der Waals surface area (Å²) in [6.07, 6.45) is 64.7. The number of carbonyl (C=O) groups excluding carboxylic acids is 1. The number of hydrogen-bond donors (Lipinski definition) is 2. The molecule has 8 nitrogen and oxygen atoms in total. The Kier molecular flexibility index (Phi) is 47.8. The van der Waals surface area contributed by atoms with Crippen molar-refractivity contribution in [2.75, 3.05) is 33.0 Å². The Morgan fingerprint density at radius 2 is 0.903 bits per heavy atom. The third-order valence-corrected chi connectivity index (χ3v) is 11.3. The predicted molar refractivity (Wildman–Crippen MR) is 265 cm³/mol. The molecule has 0 heterocycles. The van der Waals surface area contributed by atoms with Crippen molar-refractivity contribution >= 4 is 13.8 Å². The van der Waals surface area contributed by atoms with Gasteiger partial charge in [-0.05, 0) is 89.9 Å². The normalized spacial score (nSPS) is 14.1. The first-order chi connectivity index (χ1) is 30.4. The second-order valence-electron chi connectivity index (χ2n) is 16.3. The minimum absolute atomic E-state index is 0.0921. The molecule has 0 aliphatic carbocycles. The van der Waals surface area contributed by atoms with Crippen molar-refractivity contribution in [3.8, 4) is 0 Å². The molecule has 0 aliphatic heterocycles. The van der Waals surface area contributed by atoms with Crippen molar-refractivity contribution < 1.29 is 32.8 Å². The monoisotopic (exact) mass is 888 g/mol. The molecule has 2 unspecified atom stereocenters. The highest BCUT2D eigenvalue weighted by molar-refractivity contribution is 7.47. The smallest absolute Gasteiger partial charge is 0.457 e. The first-order valence-electron chi connectivity index (χ1n) is 25.1. The van der Waals surface area contributed by atoms with Crippen LogP contribution in [-0.4, -0.2) is 49.9 Å². The number of nitrogens with two attached hydrogens (primary N) is 1. The van der Waals surface area contributed by atoms with Gasteiger partial charge >= 0.3 is 13.8 Å². The van der Waals surface area contributed by atoms with Gasteiger partial charge < -0.3 is 20.1 Å². The first kappa shape index (κ1) is 59.7. The lowest BCUT2D eigenvalue weighted by Crippen LogP contribution is -2.28. The Morgan fingerprint density at radius 3 is 1.35 bits per heavy atom. The van der Waals surface area contributed by atoms with Crippen molar-refractivity contribution in [3.63, 3.8) is 0 Å². The van der Waals surface area contributed by atoms with Crippen LogP contribution in [0.25, 0.3) is 0 Å². The van der Waals surface area contributed by atoms with E-state index in [2.05, 4.69) is 98.9 Å². The Labute approximate surface area is 381 Å². The molecule has 0 saturated heterocycles. The SMILES string of the molecule is CC/C=C\C/C=C\C/C=C\C/C=C\C/C=C\CCCCCCCC(=O)OC(COCCCCCCCCCCCC/C=C\C/C=C\CCCCCCC)COP(=O)(O)OCCN. The first-order valence-corrected chi connectivity index (χ1v) is 26.6. The number of ether oxygens (including phenoxy) is 2. The molecule has 0 saturated carbocycles. The number of hydrogen-bond acceptors (Lipinski definition) is 7. The van der Waals surface area contributed by atoms with Gasteiger partial charge in [-0.25, -0.2) is 4.57 Å². The second-order valence-corrected chi connectivity index (χ2v) is 17.7. The van der Waals surface area contributed by atoms with Gasteiger partial charge in [0.25, 0.3) is 0 Å². The zero-order valence-corrected chi connectivity index (χ0v) is 40.7. The van der Waals surface area contributed by atoms with Gasteiger partial charge in [-0.1, -0.05) is 195 Å². The van der Waals surface area contributed by atoms with Crippen LogP contribution in [0.1, 0.15) is 206 Å². The lowest BCUT2D eigenvalue weighted by atomic mass is 10.1. The second kappa shape index (κ2) is 49.7. The number of esters is 1. The Bertz CT molecular complexity index is 1220. The third-order valence-electron chi connectivity index (χ3n) is 10.3. The Balaban J connectivity index is 4.02. The largest absolute Gasteiger partial charge is 0.472 e. The maximum absolute atomic E-state index is 12.6. The van der Waals surface area contributed by atoms with Gasteiger partial charge in [0.05, 0.1) is 19.8 Å². The summed E-state index contributed by atoms with van der Waals surface area (Å²) in [5, 5.41) is 0. The van der Waals surface area contributed by atoms with Crippen molar-refractivity contribution in [1.82, 2.24) is 0 Å². The van der Waals surface area contributed by atoms with Gasteiger partial charge in [-0.3, -0.25) is 13.8 Å². The molecule has 0 radical (unpaired) electrons. The maximum Gasteiger partial charge on any atom is 0.472 e. The van der Waals surface area contributed by atoms with Crippen molar-refractivity contribution in [2.24, 2.45) is 5.73 Å². The molecule has 9 heteroatoms. The van der Waals surface area contributed by atoms with E-state index in [0.29, 0.717) is 13.0 Å². The van der Waals surface area contributed by atoms with E-state index in [1.54, 1.807) is 0 Å². The van der Waals surface area contributed by atoms with Crippen LogP contribution < -0.4 is 5.73 Å². The average Bonchev–Trinajstić information content (AvgIpc) is 3.26. The molecule has 358 valence electrons. The molecule has 0 aromatic heterocycles. The minimum atomic E-state index is -4.29. The lowest BCUT2D eigenvalue weighted by Gasteiger charge is -2.20. The van der Waals surface area contributed by atoms with E-state index >= 15 is 0 Å². The van der Waals surface area contributed by atoms with Crippen molar-refractivity contribution in [1.29, 1.82) is 0 Å². The fourth-order valence-electron chi connectivity index (χ4n) is 6.64. The fraction of sp³-hybridized carbons (Fsp3) is 0.717. The Morgan fingerprint density at radius 1 is 0.500 bits per heavy atom. The van der Waals surface area contributed by atoms with E-state index in [-0.39, 0.29) is 32.3 Å². The third kappa shape index (κ3) is 48.7. The summed E-state index contributed by atoms with van der Waals surface area (Å²) in [6.45, 7) is 4.76. The number of phosphoric acid groups is 1. The highest BCUT2D eigenvalue weighted by Crippen LogP contribution is 2.43. The standard InChI is InChI=1S/C53H94NO7P/c1-3-5-7-9-11-13-15-17-19-21-23-25-27-29-31-33-35-37-39-41-43-45-48-58-50-52(51-60-62(56,57)59-49-47-54)61-53(55)46-44-42-40-38-36-34-32-30-28-26-24-22-20-18-16-14-12-10-8-6-4-2/h6,8,12,14-15,17-18,20-21,23-24,26,30,32,52H,3-5,7,9-11,13,16,19,22,25,27-29,31,33-51,54H2,1-2H3,(H,56,57)/b8-6-,14-12-,17-15-,20-18-,23-21-,26-24-,32-30-. The fourth-order valence-corrected chi connectivity index (χ4v) is 7.41. The highest BCUT2D eigenvalue weighted by atomic mass is 31.2. The Hall–Kier alpha value is -2.32. The van der Waals surface area contributed by atoms with Crippen LogP contribution in [0.3, 0.4) is 0 Å². The molecular formula is C53H94NO7P. The van der Waals surface area contributed by atoms with Crippen LogP contribution in [-0.2, 0) is 27.9 Å². The van der Waals surface area contributed by atoms with Gasteiger partial charge in [0.1, 0.15) is 6.10 Å². The quantitative estimate of drug-likeness (QED) is 0.0269. The molecule has 2 atom stereocenters. The minimum Gasteiger partial charge on any atom is -0.457 e. The van der Waals surface area contributed by atoms with E-state index in [9.17, 15) is 14.3 Å². The van der Waals surface area contributed by atoms with Crippen LogP contribution in [0.5, 0.6) is 0 Å². The van der Waals surface area contributed by atoms with Crippen LogP contribution in [0.15, 0.2) is 85.1 Å². The number of carbonyl (C=O) groups is 1. The topological polar surface area (TPSA) is 117 Å². The van der Waals surface area contributed by atoms with E-state index in [1.165, 1.54) is 96.3 Å². The number of rotatable bonds is 47. The van der Waals surface area contributed by atoms with Gasteiger partial charge in [0.2, 0.25) is 0 Å². The van der Waals surface area contributed by atoms with E-state index < -0.39 is 13.9 Å². The van der Waals surface area contributed by atoms with Gasteiger partial charge in [-0.15, -0.1) is 0 Å². The molecule has 0 fully saturated rings. The van der Waals surface area contributed by atoms with E-state index in [4.69, 9.17) is 24.3 Å². The molecule has 0 aliphatic rings. The maximum atomic E-state index is 12.6. The van der Waals surface area contributed by atoms with Crippen molar-refractivity contribution in [2.45, 2.75) is 213 Å². The number of allylic oxidation sites excluding steroid dienone is 14. The van der Waals surface area contributed by atoms with Gasteiger partial charge in [0, 0.05) is 19.6 Å². The van der Waals surface area contributed by atoms with Crippen LogP contribution in [0.2, 0.25) is 0 Å². The summed E-state index contributed by atoms with van der Waals surface area (Å²) in [6, 6.07) is 0. The molecule has 0 aromatic carbocycles. The number of phosphoric ester groups is 1. The molecular weight excluding hydrogens is 794 g/mol. The van der Waals surface area contributed by atoms with Gasteiger partial charge in [-0.2, -0.15) is 0 Å².